The SMILES string of the molecule is Cl.Cn1c(=O)c(Oc2ccc(F)cc2)cc2cnc(NC3CCC(O)CC3)nc21. The molecule has 0 saturated heterocycles. The smallest absolute Gasteiger partial charge is 0.294 e. The van der Waals surface area contributed by atoms with E-state index in [0.29, 0.717) is 22.7 Å². The molecule has 0 bridgehead atoms. The van der Waals surface area contributed by atoms with Gasteiger partial charge in [0.2, 0.25) is 5.95 Å². The molecule has 0 aliphatic heterocycles. The molecule has 7 nitrogen and oxygen atoms in total. The molecule has 3 aromatic rings. The number of nitrogens with zero attached hydrogens (tertiary/aromatic N) is 3. The van der Waals surface area contributed by atoms with E-state index in [-0.39, 0.29) is 41.7 Å². The second-order valence-electron chi connectivity index (χ2n) is 7.05. The molecule has 1 aliphatic carbocycles. The van der Waals surface area contributed by atoms with Gasteiger partial charge in [0.25, 0.3) is 5.56 Å². The van der Waals surface area contributed by atoms with Gasteiger partial charge in [-0.05, 0) is 56.0 Å². The normalized spacial score (nSPS) is 18.9. The van der Waals surface area contributed by atoms with Crippen LogP contribution in [0, 0.1) is 5.82 Å². The number of hydrogen-bond donors (Lipinski definition) is 2. The highest BCUT2D eigenvalue weighted by Crippen LogP contribution is 2.24. The highest BCUT2D eigenvalue weighted by Gasteiger charge is 2.20. The Morgan fingerprint density at radius 2 is 1.90 bits per heavy atom. The van der Waals surface area contributed by atoms with Crippen molar-refractivity contribution >= 4 is 29.4 Å². The molecular formula is C20H22ClFN4O3. The molecule has 0 spiro atoms. The summed E-state index contributed by atoms with van der Waals surface area (Å²) in [4.78, 5) is 21.5. The predicted molar refractivity (Wildman–Crippen MR) is 110 cm³/mol. The number of ether oxygens (including phenoxy) is 1. The Kier molecular flexibility index (Phi) is 6.34. The fourth-order valence-corrected chi connectivity index (χ4v) is 3.39. The Labute approximate surface area is 173 Å². The van der Waals surface area contributed by atoms with E-state index in [2.05, 4.69) is 15.3 Å². The third-order valence-electron chi connectivity index (χ3n) is 4.99. The maximum atomic E-state index is 13.0. The maximum Gasteiger partial charge on any atom is 0.294 e. The summed E-state index contributed by atoms with van der Waals surface area (Å²) in [6.07, 6.45) is 4.63. The third-order valence-corrected chi connectivity index (χ3v) is 4.99. The van der Waals surface area contributed by atoms with E-state index < -0.39 is 0 Å². The van der Waals surface area contributed by atoms with Crippen LogP contribution in [0.1, 0.15) is 25.7 Å². The van der Waals surface area contributed by atoms with Gasteiger partial charge in [-0.2, -0.15) is 4.98 Å². The molecule has 4 rings (SSSR count). The summed E-state index contributed by atoms with van der Waals surface area (Å²) in [6, 6.07) is 7.26. The Hall–Kier alpha value is -2.71. The Bertz CT molecular complexity index is 1050. The second kappa shape index (κ2) is 8.75. The number of aliphatic hydroxyl groups excluding tert-OH is 1. The van der Waals surface area contributed by atoms with Crippen LogP contribution in [0.25, 0.3) is 11.0 Å². The molecule has 154 valence electrons. The number of benzene rings is 1. The summed E-state index contributed by atoms with van der Waals surface area (Å²) in [6.45, 7) is 0. The molecule has 2 heterocycles. The van der Waals surface area contributed by atoms with Crippen molar-refractivity contribution in [3.8, 4) is 11.5 Å². The van der Waals surface area contributed by atoms with E-state index in [0.717, 1.165) is 25.7 Å². The molecular weight excluding hydrogens is 399 g/mol. The quantitative estimate of drug-likeness (QED) is 0.672. The third kappa shape index (κ3) is 4.65. The molecule has 0 unspecified atom stereocenters. The maximum absolute atomic E-state index is 13.0. The Morgan fingerprint density at radius 1 is 1.21 bits per heavy atom. The van der Waals surface area contributed by atoms with Crippen molar-refractivity contribution in [2.75, 3.05) is 5.32 Å². The monoisotopic (exact) mass is 420 g/mol. The van der Waals surface area contributed by atoms with Crippen LogP contribution >= 0.6 is 12.4 Å². The largest absolute Gasteiger partial charge is 0.452 e. The van der Waals surface area contributed by atoms with E-state index in [1.54, 1.807) is 19.3 Å². The number of nitrogens with one attached hydrogen (secondary N) is 1. The zero-order chi connectivity index (χ0) is 19.7. The Balaban J connectivity index is 0.00000240. The number of rotatable bonds is 4. The molecule has 0 amide bonds. The minimum absolute atomic E-state index is 0. The van der Waals surface area contributed by atoms with Crippen LogP contribution in [0.2, 0.25) is 0 Å². The standard InChI is InChI=1S/C20H21FN4O3.ClH/c1-25-18-12(10-17(19(25)27)28-16-8-2-13(21)3-9-16)11-22-20(24-18)23-14-4-6-15(26)7-5-14;/h2-3,8-11,14-15,26H,4-7H2,1H3,(H,22,23,24);1H. The van der Waals surface area contributed by atoms with Crippen LogP contribution in [-0.2, 0) is 7.05 Å². The molecule has 0 radical (unpaired) electrons. The van der Waals surface area contributed by atoms with Crippen LogP contribution < -0.4 is 15.6 Å². The van der Waals surface area contributed by atoms with E-state index >= 15 is 0 Å². The topological polar surface area (TPSA) is 89.3 Å². The summed E-state index contributed by atoms with van der Waals surface area (Å²) in [7, 11) is 1.62. The molecule has 1 fully saturated rings. The number of anilines is 1. The van der Waals surface area contributed by atoms with Gasteiger partial charge in [0.1, 0.15) is 17.2 Å². The lowest BCUT2D eigenvalue weighted by Gasteiger charge is -2.26. The summed E-state index contributed by atoms with van der Waals surface area (Å²) in [5.41, 5.74) is 0.145. The zero-order valence-electron chi connectivity index (χ0n) is 15.8. The minimum Gasteiger partial charge on any atom is -0.452 e. The fraction of sp³-hybridized carbons (Fsp3) is 0.350. The molecule has 29 heavy (non-hydrogen) atoms. The first-order chi connectivity index (χ1) is 13.5. The average molecular weight is 421 g/mol. The molecule has 1 aliphatic rings. The summed E-state index contributed by atoms with van der Waals surface area (Å²) >= 11 is 0. The second-order valence-corrected chi connectivity index (χ2v) is 7.05. The van der Waals surface area contributed by atoms with E-state index in [1.165, 1.54) is 28.8 Å². The number of aryl methyl sites for hydroxylation is 1. The van der Waals surface area contributed by atoms with Gasteiger partial charge in [0.15, 0.2) is 5.75 Å². The van der Waals surface area contributed by atoms with E-state index in [1.807, 2.05) is 0 Å². The number of fused-ring (bicyclic) bond motifs is 1. The average Bonchev–Trinajstić information content (AvgIpc) is 2.70. The lowest BCUT2D eigenvalue weighted by atomic mass is 9.93. The predicted octanol–water partition coefficient (Wildman–Crippen LogP) is 3.40. The van der Waals surface area contributed by atoms with Gasteiger partial charge in [-0.1, -0.05) is 0 Å². The van der Waals surface area contributed by atoms with Gasteiger partial charge >= 0.3 is 0 Å². The van der Waals surface area contributed by atoms with Gasteiger partial charge < -0.3 is 15.2 Å². The van der Waals surface area contributed by atoms with Crippen LogP contribution in [0.3, 0.4) is 0 Å². The van der Waals surface area contributed by atoms with Crippen molar-refractivity contribution in [1.29, 1.82) is 0 Å². The molecule has 9 heteroatoms. The molecule has 1 aromatic carbocycles. The summed E-state index contributed by atoms with van der Waals surface area (Å²) in [5, 5.41) is 13.6. The van der Waals surface area contributed by atoms with Crippen molar-refractivity contribution in [2.45, 2.75) is 37.8 Å². The minimum atomic E-state index is -0.375. The van der Waals surface area contributed by atoms with Crippen molar-refractivity contribution in [3.63, 3.8) is 0 Å². The lowest BCUT2D eigenvalue weighted by molar-refractivity contribution is 0.126. The van der Waals surface area contributed by atoms with E-state index in [9.17, 15) is 14.3 Å². The first-order valence-electron chi connectivity index (χ1n) is 9.24. The number of halogens is 2. The van der Waals surface area contributed by atoms with Gasteiger partial charge in [-0.25, -0.2) is 9.37 Å². The number of pyridine rings is 1. The number of aromatic nitrogens is 3. The number of aliphatic hydroxyl groups is 1. The highest BCUT2D eigenvalue weighted by atomic mass is 35.5. The van der Waals surface area contributed by atoms with Gasteiger partial charge in [0.05, 0.1) is 6.10 Å². The van der Waals surface area contributed by atoms with Gasteiger partial charge in [-0.15, -0.1) is 12.4 Å². The van der Waals surface area contributed by atoms with Crippen molar-refractivity contribution in [1.82, 2.24) is 14.5 Å². The summed E-state index contributed by atoms with van der Waals surface area (Å²) in [5.74, 6) is 0.569. The first kappa shape index (κ1) is 21.0. The van der Waals surface area contributed by atoms with Gasteiger partial charge in [0, 0.05) is 24.7 Å². The van der Waals surface area contributed by atoms with Crippen molar-refractivity contribution in [2.24, 2.45) is 7.05 Å². The van der Waals surface area contributed by atoms with Crippen LogP contribution in [0.5, 0.6) is 11.5 Å². The molecule has 1 saturated carbocycles. The van der Waals surface area contributed by atoms with Gasteiger partial charge in [-0.3, -0.25) is 9.36 Å². The fourth-order valence-electron chi connectivity index (χ4n) is 3.39. The zero-order valence-corrected chi connectivity index (χ0v) is 16.7. The lowest BCUT2D eigenvalue weighted by Crippen LogP contribution is -2.29. The van der Waals surface area contributed by atoms with Crippen LogP contribution in [0.15, 0.2) is 41.3 Å². The number of hydrogen-bond acceptors (Lipinski definition) is 6. The highest BCUT2D eigenvalue weighted by molar-refractivity contribution is 5.85. The van der Waals surface area contributed by atoms with E-state index in [4.69, 9.17) is 4.74 Å². The molecule has 2 N–H and O–H groups in total. The summed E-state index contributed by atoms with van der Waals surface area (Å²) < 4.78 is 20.1. The molecule has 2 aromatic heterocycles. The van der Waals surface area contributed by atoms with Crippen LogP contribution in [0.4, 0.5) is 10.3 Å². The first-order valence-corrected chi connectivity index (χ1v) is 9.24. The van der Waals surface area contributed by atoms with Crippen LogP contribution in [-0.4, -0.2) is 31.8 Å². The molecule has 0 atom stereocenters. The Morgan fingerprint density at radius 3 is 2.59 bits per heavy atom. The van der Waals surface area contributed by atoms with Crippen molar-refractivity contribution < 1.29 is 14.2 Å². The van der Waals surface area contributed by atoms with Crippen molar-refractivity contribution in [3.05, 3.63) is 52.7 Å².